The highest BCUT2D eigenvalue weighted by atomic mass is 32.1. The zero-order valence-electron chi connectivity index (χ0n) is 11.9. The Labute approximate surface area is 123 Å². The Balaban J connectivity index is 2.01. The van der Waals surface area contributed by atoms with Crippen LogP contribution in [0.15, 0.2) is 24.5 Å². The Morgan fingerprint density at radius 3 is 2.65 bits per heavy atom. The van der Waals surface area contributed by atoms with Crippen molar-refractivity contribution in [2.75, 3.05) is 17.2 Å². The normalized spacial score (nSPS) is 14.8. The molecule has 0 spiro atoms. The lowest BCUT2D eigenvalue weighted by Gasteiger charge is -2.26. The van der Waals surface area contributed by atoms with Crippen molar-refractivity contribution in [3.63, 3.8) is 0 Å². The van der Waals surface area contributed by atoms with Gasteiger partial charge in [0, 0.05) is 25.0 Å². The quantitative estimate of drug-likeness (QED) is 0.916. The zero-order valence-corrected chi connectivity index (χ0v) is 12.7. The van der Waals surface area contributed by atoms with Crippen LogP contribution in [0.4, 0.5) is 10.8 Å². The van der Waals surface area contributed by atoms with Crippen LogP contribution in [0, 0.1) is 5.92 Å². The molecule has 2 aromatic rings. The summed E-state index contributed by atoms with van der Waals surface area (Å²) in [5.74, 6) is 1.26. The maximum Gasteiger partial charge on any atom is 0.147 e. The van der Waals surface area contributed by atoms with Crippen molar-refractivity contribution in [2.45, 2.75) is 32.7 Å². The van der Waals surface area contributed by atoms with Crippen LogP contribution in [-0.4, -0.2) is 21.9 Å². The van der Waals surface area contributed by atoms with Crippen LogP contribution in [0.1, 0.15) is 26.7 Å². The molecule has 2 aromatic heterocycles. The molecular weight excluding hydrogens is 268 g/mol. The zero-order chi connectivity index (χ0) is 14.1. The summed E-state index contributed by atoms with van der Waals surface area (Å²) in [6, 6.07) is 4.67. The molecule has 3 rings (SSSR count). The number of nitrogens with zero attached hydrogens (tertiary/aromatic N) is 3. The summed E-state index contributed by atoms with van der Waals surface area (Å²) in [7, 11) is 0. The average Bonchev–Trinajstić information content (AvgIpc) is 3.20. The monoisotopic (exact) mass is 288 g/mol. The van der Waals surface area contributed by atoms with E-state index in [1.807, 2.05) is 12.1 Å². The van der Waals surface area contributed by atoms with E-state index < -0.39 is 0 Å². The van der Waals surface area contributed by atoms with E-state index in [9.17, 15) is 0 Å². The van der Waals surface area contributed by atoms with E-state index in [4.69, 9.17) is 5.73 Å². The molecule has 2 heterocycles. The van der Waals surface area contributed by atoms with E-state index in [-0.39, 0.29) is 0 Å². The Bertz CT molecular complexity index is 575. The van der Waals surface area contributed by atoms with E-state index in [0.29, 0.717) is 17.8 Å². The first-order chi connectivity index (χ1) is 9.66. The third kappa shape index (κ3) is 2.63. The molecule has 1 aliphatic rings. The molecule has 2 N–H and O–H groups in total. The van der Waals surface area contributed by atoms with Crippen LogP contribution < -0.4 is 10.6 Å². The smallest absolute Gasteiger partial charge is 0.147 e. The number of pyridine rings is 1. The fraction of sp³-hybridized carbons (Fsp3) is 0.467. The second kappa shape index (κ2) is 5.40. The second-order valence-electron chi connectivity index (χ2n) is 5.76. The highest BCUT2D eigenvalue weighted by Gasteiger charge is 2.33. The van der Waals surface area contributed by atoms with E-state index in [2.05, 4.69) is 28.1 Å². The Morgan fingerprint density at radius 1 is 1.35 bits per heavy atom. The Hall–Kier alpha value is -1.62. The lowest BCUT2D eigenvalue weighted by molar-refractivity contribution is 0.610. The minimum Gasteiger partial charge on any atom is -0.382 e. The molecule has 0 saturated heterocycles. The molecule has 0 radical (unpaired) electrons. The van der Waals surface area contributed by atoms with Crippen molar-refractivity contribution < 1.29 is 0 Å². The summed E-state index contributed by atoms with van der Waals surface area (Å²) in [6.07, 6.45) is 6.17. The standard InChI is InChI=1S/C15H20N4S/c1-10(2)9-19(12-3-4-12)15-13(14(16)18-20-15)11-5-7-17-8-6-11/h5-8,10,12H,3-4,9H2,1-2H3,(H2,16,18). The first kappa shape index (κ1) is 13.4. The van der Waals surface area contributed by atoms with Crippen molar-refractivity contribution >= 4 is 22.4 Å². The summed E-state index contributed by atoms with van der Waals surface area (Å²) in [5, 5.41) is 1.21. The van der Waals surface area contributed by atoms with Crippen molar-refractivity contribution in [3.05, 3.63) is 24.5 Å². The molecule has 106 valence electrons. The van der Waals surface area contributed by atoms with Crippen molar-refractivity contribution in [1.29, 1.82) is 0 Å². The molecule has 1 saturated carbocycles. The first-order valence-electron chi connectivity index (χ1n) is 7.09. The van der Waals surface area contributed by atoms with Gasteiger partial charge in [0.15, 0.2) is 0 Å². The van der Waals surface area contributed by atoms with E-state index in [0.717, 1.165) is 17.7 Å². The summed E-state index contributed by atoms with van der Waals surface area (Å²) in [4.78, 5) is 6.58. The highest BCUT2D eigenvalue weighted by Crippen LogP contribution is 2.43. The molecule has 0 aliphatic heterocycles. The van der Waals surface area contributed by atoms with Gasteiger partial charge in [-0.2, -0.15) is 4.37 Å². The van der Waals surface area contributed by atoms with Gasteiger partial charge in [-0.25, -0.2) is 0 Å². The topological polar surface area (TPSA) is 55.0 Å². The van der Waals surface area contributed by atoms with Crippen LogP contribution in [-0.2, 0) is 0 Å². The number of anilines is 2. The van der Waals surface area contributed by atoms with Crippen LogP contribution in [0.2, 0.25) is 0 Å². The highest BCUT2D eigenvalue weighted by molar-refractivity contribution is 7.11. The van der Waals surface area contributed by atoms with Gasteiger partial charge in [-0.3, -0.25) is 4.98 Å². The van der Waals surface area contributed by atoms with Gasteiger partial charge in [0.05, 0.1) is 5.56 Å². The summed E-state index contributed by atoms with van der Waals surface area (Å²) >= 11 is 1.52. The molecule has 20 heavy (non-hydrogen) atoms. The minimum atomic E-state index is 0.629. The number of rotatable bonds is 5. The van der Waals surface area contributed by atoms with Gasteiger partial charge < -0.3 is 10.6 Å². The fourth-order valence-corrected chi connectivity index (χ4v) is 3.37. The fourth-order valence-electron chi connectivity index (χ4n) is 2.46. The lowest BCUT2D eigenvalue weighted by atomic mass is 10.1. The predicted octanol–water partition coefficient (Wildman–Crippen LogP) is 3.41. The summed E-state index contributed by atoms with van der Waals surface area (Å²) < 4.78 is 4.39. The van der Waals surface area contributed by atoms with Crippen molar-refractivity contribution in [1.82, 2.24) is 9.36 Å². The molecule has 4 nitrogen and oxygen atoms in total. The molecule has 0 atom stereocenters. The van der Waals surface area contributed by atoms with Crippen LogP contribution in [0.3, 0.4) is 0 Å². The van der Waals surface area contributed by atoms with Crippen LogP contribution in [0.5, 0.6) is 0 Å². The second-order valence-corrected chi connectivity index (χ2v) is 6.51. The number of aromatic nitrogens is 2. The minimum absolute atomic E-state index is 0.629. The van der Waals surface area contributed by atoms with Gasteiger partial charge in [-0.1, -0.05) is 13.8 Å². The third-order valence-corrected chi connectivity index (χ3v) is 4.38. The van der Waals surface area contributed by atoms with E-state index in [1.54, 1.807) is 12.4 Å². The van der Waals surface area contributed by atoms with E-state index >= 15 is 0 Å². The molecule has 1 fully saturated rings. The van der Waals surface area contributed by atoms with Crippen molar-refractivity contribution in [3.8, 4) is 11.1 Å². The molecule has 5 heteroatoms. The molecule has 0 aromatic carbocycles. The largest absolute Gasteiger partial charge is 0.382 e. The van der Waals surface area contributed by atoms with Crippen LogP contribution >= 0.6 is 11.5 Å². The molecule has 0 amide bonds. The maximum atomic E-state index is 6.11. The number of nitrogen functional groups attached to an aromatic ring is 1. The van der Waals surface area contributed by atoms with Gasteiger partial charge in [0.25, 0.3) is 0 Å². The maximum absolute atomic E-state index is 6.11. The molecule has 0 unspecified atom stereocenters. The summed E-state index contributed by atoms with van der Waals surface area (Å²) in [6.45, 7) is 5.57. The van der Waals surface area contributed by atoms with Gasteiger partial charge >= 0.3 is 0 Å². The lowest BCUT2D eigenvalue weighted by Crippen LogP contribution is -2.29. The molecule has 0 bridgehead atoms. The van der Waals surface area contributed by atoms with Crippen LogP contribution in [0.25, 0.3) is 11.1 Å². The average molecular weight is 288 g/mol. The first-order valence-corrected chi connectivity index (χ1v) is 7.86. The van der Waals surface area contributed by atoms with E-state index in [1.165, 1.54) is 29.4 Å². The molecular formula is C15H20N4S. The Morgan fingerprint density at radius 2 is 2.05 bits per heavy atom. The number of hydrogen-bond donors (Lipinski definition) is 1. The Kier molecular flexibility index (Phi) is 3.61. The van der Waals surface area contributed by atoms with Crippen molar-refractivity contribution in [2.24, 2.45) is 5.92 Å². The van der Waals surface area contributed by atoms with Gasteiger partial charge in [0.2, 0.25) is 0 Å². The number of nitrogens with two attached hydrogens (primary N) is 1. The predicted molar refractivity (Wildman–Crippen MR) is 85.0 cm³/mol. The summed E-state index contributed by atoms with van der Waals surface area (Å²) in [5.41, 5.74) is 8.30. The SMILES string of the molecule is CC(C)CN(c1snc(N)c1-c1ccncc1)C1CC1. The van der Waals surface area contributed by atoms with Gasteiger partial charge in [0.1, 0.15) is 10.8 Å². The number of hydrogen-bond acceptors (Lipinski definition) is 5. The van der Waals surface area contributed by atoms with Gasteiger partial charge in [-0.15, -0.1) is 0 Å². The molecule has 1 aliphatic carbocycles. The van der Waals surface area contributed by atoms with Gasteiger partial charge in [-0.05, 0) is 48.0 Å². The third-order valence-electron chi connectivity index (χ3n) is 3.48.